The summed E-state index contributed by atoms with van der Waals surface area (Å²) in [6.45, 7) is 0.220. The molecule has 0 amide bonds. The second-order valence-corrected chi connectivity index (χ2v) is 5.87. The molecular weight excluding hydrogens is 236 g/mol. The minimum absolute atomic E-state index is 0.0737. The van der Waals surface area contributed by atoms with Gasteiger partial charge in [-0.15, -0.1) is 0 Å². The van der Waals surface area contributed by atoms with Crippen molar-refractivity contribution in [1.29, 1.82) is 0 Å². The first-order valence-corrected chi connectivity index (χ1v) is 6.88. The lowest BCUT2D eigenvalue weighted by Gasteiger charge is -2.24. The molecule has 5 aliphatic rings. The molecule has 0 fully saturated rings. The monoisotopic (exact) mass is 250 g/mol. The summed E-state index contributed by atoms with van der Waals surface area (Å²) in [4.78, 5) is 0. The number of aliphatic hydroxyl groups is 2. The van der Waals surface area contributed by atoms with Crippen molar-refractivity contribution >= 4 is 0 Å². The van der Waals surface area contributed by atoms with Crippen molar-refractivity contribution < 1.29 is 10.2 Å². The molecule has 0 saturated carbocycles. The molecule has 0 spiro atoms. The number of aliphatic hydroxyl groups excluding tert-OH is 2. The molecule has 0 saturated heterocycles. The van der Waals surface area contributed by atoms with Crippen LogP contribution in [-0.2, 0) is 0 Å². The van der Waals surface area contributed by atoms with Crippen LogP contribution < -0.4 is 0 Å². The molecule has 5 aliphatic carbocycles. The summed E-state index contributed by atoms with van der Waals surface area (Å²) in [5.41, 5.74) is 12.2. The molecule has 6 bridgehead atoms. The molecular formula is C17H14O2. The van der Waals surface area contributed by atoms with Crippen LogP contribution >= 0.6 is 0 Å². The van der Waals surface area contributed by atoms with Gasteiger partial charge in [0.25, 0.3) is 0 Å². The number of allylic oxidation sites excluding steroid dienone is 8. The van der Waals surface area contributed by atoms with Crippen molar-refractivity contribution in [3.63, 3.8) is 0 Å². The Morgan fingerprint density at radius 1 is 0.947 bits per heavy atom. The van der Waals surface area contributed by atoms with Gasteiger partial charge in [0, 0.05) is 5.92 Å². The Hall–Kier alpha value is -1.64. The number of rotatable bonds is 2. The van der Waals surface area contributed by atoms with E-state index in [-0.39, 0.29) is 19.1 Å². The molecule has 94 valence electrons. The SMILES string of the molecule is OCC1=CC(CO)C2=C3CC1=C2C1=C2C=CC(=C31)C2. The Labute approximate surface area is 111 Å². The van der Waals surface area contributed by atoms with Gasteiger partial charge in [0.15, 0.2) is 0 Å². The van der Waals surface area contributed by atoms with Crippen LogP contribution in [0.25, 0.3) is 0 Å². The van der Waals surface area contributed by atoms with Crippen LogP contribution in [0, 0.1) is 5.92 Å². The first kappa shape index (κ1) is 10.2. The van der Waals surface area contributed by atoms with Crippen LogP contribution in [0.2, 0.25) is 0 Å². The third-order valence-corrected chi connectivity index (χ3v) is 5.09. The van der Waals surface area contributed by atoms with Gasteiger partial charge >= 0.3 is 0 Å². The molecule has 0 aromatic rings. The molecule has 0 radical (unpaired) electrons. The van der Waals surface area contributed by atoms with E-state index in [4.69, 9.17) is 0 Å². The van der Waals surface area contributed by atoms with E-state index in [1.165, 1.54) is 44.6 Å². The van der Waals surface area contributed by atoms with Crippen molar-refractivity contribution in [2.24, 2.45) is 5.92 Å². The molecule has 0 aliphatic heterocycles. The Morgan fingerprint density at radius 2 is 1.74 bits per heavy atom. The Bertz CT molecular complexity index is 735. The molecule has 0 aromatic heterocycles. The Balaban J connectivity index is 1.84. The van der Waals surface area contributed by atoms with Gasteiger partial charge < -0.3 is 10.2 Å². The third kappa shape index (κ3) is 0.957. The fraction of sp³-hybridized carbons (Fsp3) is 0.294. The van der Waals surface area contributed by atoms with Crippen LogP contribution in [0.4, 0.5) is 0 Å². The molecule has 0 heterocycles. The minimum Gasteiger partial charge on any atom is -0.395 e. The fourth-order valence-electron chi connectivity index (χ4n) is 4.40. The number of hydrogen-bond acceptors (Lipinski definition) is 2. The van der Waals surface area contributed by atoms with E-state index in [9.17, 15) is 10.2 Å². The maximum Gasteiger partial charge on any atom is 0.0682 e. The summed E-state index contributed by atoms with van der Waals surface area (Å²) in [5, 5.41) is 19.2. The molecule has 0 aromatic carbocycles. The van der Waals surface area contributed by atoms with Gasteiger partial charge in [0.2, 0.25) is 0 Å². The first-order chi connectivity index (χ1) is 9.33. The van der Waals surface area contributed by atoms with Gasteiger partial charge in [-0.2, -0.15) is 0 Å². The normalized spacial score (nSPS) is 29.4. The van der Waals surface area contributed by atoms with Gasteiger partial charge in [0.1, 0.15) is 0 Å². The van der Waals surface area contributed by atoms with E-state index in [1.807, 2.05) is 0 Å². The predicted octanol–water partition coefficient (Wildman–Crippen LogP) is 2.10. The van der Waals surface area contributed by atoms with Crippen molar-refractivity contribution in [1.82, 2.24) is 0 Å². The molecule has 2 heteroatoms. The highest BCUT2D eigenvalue weighted by atomic mass is 16.3. The number of hydrogen-bond donors (Lipinski definition) is 2. The lowest BCUT2D eigenvalue weighted by atomic mass is 9.80. The molecule has 5 rings (SSSR count). The molecule has 2 N–H and O–H groups in total. The standard InChI is InChI=1S/C17H14O2/c18-6-10-4-11(7-19)15-13-5-12(10)17(15)16-9-2-1-8(3-9)14(13)16/h1-2,4,11,18-19H,3,5-7H2. The quantitative estimate of drug-likeness (QED) is 0.788. The van der Waals surface area contributed by atoms with Gasteiger partial charge in [-0.1, -0.05) is 18.2 Å². The lowest BCUT2D eigenvalue weighted by molar-refractivity contribution is 0.267. The summed E-state index contributed by atoms with van der Waals surface area (Å²) in [6, 6.07) is 0. The first-order valence-electron chi connectivity index (χ1n) is 6.88. The number of fused-ring (bicyclic) bond motifs is 4. The van der Waals surface area contributed by atoms with Gasteiger partial charge in [-0.05, 0) is 63.0 Å². The Morgan fingerprint density at radius 3 is 2.47 bits per heavy atom. The van der Waals surface area contributed by atoms with Crippen molar-refractivity contribution in [3.05, 3.63) is 68.4 Å². The summed E-state index contributed by atoms with van der Waals surface area (Å²) in [6.07, 6.45) is 8.58. The van der Waals surface area contributed by atoms with E-state index in [2.05, 4.69) is 18.2 Å². The van der Waals surface area contributed by atoms with E-state index in [0.717, 1.165) is 18.4 Å². The van der Waals surface area contributed by atoms with Crippen LogP contribution in [0.3, 0.4) is 0 Å². The summed E-state index contributed by atoms with van der Waals surface area (Å²) in [5.74, 6) is 0.0737. The fourth-order valence-corrected chi connectivity index (χ4v) is 4.40. The minimum atomic E-state index is 0.0737. The molecule has 1 atom stereocenters. The lowest BCUT2D eigenvalue weighted by Crippen LogP contribution is -2.14. The van der Waals surface area contributed by atoms with Gasteiger partial charge in [-0.25, -0.2) is 0 Å². The van der Waals surface area contributed by atoms with Crippen LogP contribution in [0.1, 0.15) is 12.8 Å². The zero-order chi connectivity index (χ0) is 12.7. The smallest absolute Gasteiger partial charge is 0.0682 e. The highest BCUT2D eigenvalue weighted by Crippen LogP contribution is 2.62. The molecule has 19 heavy (non-hydrogen) atoms. The van der Waals surface area contributed by atoms with Crippen LogP contribution in [-0.4, -0.2) is 23.4 Å². The topological polar surface area (TPSA) is 40.5 Å². The van der Waals surface area contributed by atoms with Gasteiger partial charge in [0.05, 0.1) is 13.2 Å². The zero-order valence-electron chi connectivity index (χ0n) is 10.5. The summed E-state index contributed by atoms with van der Waals surface area (Å²) >= 11 is 0. The zero-order valence-corrected chi connectivity index (χ0v) is 10.5. The summed E-state index contributed by atoms with van der Waals surface area (Å²) < 4.78 is 0. The van der Waals surface area contributed by atoms with Crippen molar-refractivity contribution in [2.45, 2.75) is 12.8 Å². The van der Waals surface area contributed by atoms with Crippen LogP contribution in [0.5, 0.6) is 0 Å². The molecule has 2 nitrogen and oxygen atoms in total. The largest absolute Gasteiger partial charge is 0.395 e. The Kier molecular flexibility index (Phi) is 1.65. The van der Waals surface area contributed by atoms with Gasteiger partial charge in [-0.3, -0.25) is 0 Å². The van der Waals surface area contributed by atoms with E-state index < -0.39 is 0 Å². The maximum absolute atomic E-state index is 9.67. The predicted molar refractivity (Wildman–Crippen MR) is 72.2 cm³/mol. The highest BCUT2D eigenvalue weighted by molar-refractivity contribution is 5.88. The summed E-state index contributed by atoms with van der Waals surface area (Å²) in [7, 11) is 0. The second kappa shape index (κ2) is 3.09. The van der Waals surface area contributed by atoms with Crippen molar-refractivity contribution in [2.75, 3.05) is 13.2 Å². The maximum atomic E-state index is 9.67. The average Bonchev–Trinajstić information content (AvgIpc) is 3.16. The van der Waals surface area contributed by atoms with Crippen molar-refractivity contribution in [3.8, 4) is 0 Å². The third-order valence-electron chi connectivity index (χ3n) is 5.09. The van der Waals surface area contributed by atoms with E-state index >= 15 is 0 Å². The average molecular weight is 250 g/mol. The van der Waals surface area contributed by atoms with Crippen LogP contribution in [0.15, 0.2) is 68.4 Å². The molecule has 1 unspecified atom stereocenters. The van der Waals surface area contributed by atoms with E-state index in [1.54, 1.807) is 0 Å². The highest BCUT2D eigenvalue weighted by Gasteiger charge is 2.47. The second-order valence-electron chi connectivity index (χ2n) is 5.87. The van der Waals surface area contributed by atoms with E-state index in [0.29, 0.717) is 0 Å².